The molecule has 1 nitrogen and oxygen atoms in total. The molecule has 0 unspecified atom stereocenters. The molecule has 1 saturated heterocycles. The van der Waals surface area contributed by atoms with E-state index in [1.807, 2.05) is 0 Å². The van der Waals surface area contributed by atoms with E-state index in [0.29, 0.717) is 19.3 Å². The molecule has 0 bridgehead atoms. The molecular weight excluding hydrogens is 174 g/mol. The molecule has 0 aromatic rings. The summed E-state index contributed by atoms with van der Waals surface area (Å²) in [7, 11) is 0. The van der Waals surface area contributed by atoms with E-state index in [2.05, 4.69) is 0 Å². The van der Waals surface area contributed by atoms with Crippen molar-refractivity contribution >= 4 is 0 Å². The van der Waals surface area contributed by atoms with Crippen molar-refractivity contribution in [3.05, 3.63) is 12.0 Å². The number of likely N-dealkylation sites (tertiary alicyclic amines) is 1. The molecule has 0 aromatic heterocycles. The van der Waals surface area contributed by atoms with E-state index >= 15 is 0 Å². The van der Waals surface area contributed by atoms with Crippen LogP contribution in [0.3, 0.4) is 0 Å². The average Bonchev–Trinajstić information content (AvgIpc) is 2.37. The van der Waals surface area contributed by atoms with Crippen molar-refractivity contribution in [3.63, 3.8) is 0 Å². The number of hydrogen-bond donors (Lipinski definition) is 0. The number of nitrogens with zero attached hydrogens (tertiary/aromatic N) is 1. The van der Waals surface area contributed by atoms with E-state index in [1.54, 1.807) is 0 Å². The Bertz CT molecular complexity index is 178. The van der Waals surface area contributed by atoms with E-state index in [0.717, 1.165) is 12.8 Å². The number of alkyl halides is 3. The van der Waals surface area contributed by atoms with Crippen molar-refractivity contribution < 1.29 is 17.6 Å². The summed E-state index contributed by atoms with van der Waals surface area (Å²) in [4.78, 5) is 1.35. The van der Waals surface area contributed by atoms with E-state index in [1.165, 1.54) is 4.90 Å². The highest BCUT2D eigenvalue weighted by molar-refractivity contribution is 4.99. The van der Waals surface area contributed by atoms with Gasteiger partial charge in [-0.3, -0.25) is 0 Å². The molecule has 12 heavy (non-hydrogen) atoms. The second-order valence-electron chi connectivity index (χ2n) is 2.72. The minimum Gasteiger partial charge on any atom is -0.375 e. The SMILES string of the molecule is F/C(=C\N1CCCC1)C(F)(F)F. The number of hydrogen-bond acceptors (Lipinski definition) is 1. The van der Waals surface area contributed by atoms with Crippen molar-refractivity contribution in [2.75, 3.05) is 13.1 Å². The zero-order chi connectivity index (χ0) is 9.19. The average molecular weight is 183 g/mol. The molecule has 0 saturated carbocycles. The fraction of sp³-hybridized carbons (Fsp3) is 0.714. The van der Waals surface area contributed by atoms with Crippen molar-refractivity contribution in [3.8, 4) is 0 Å². The lowest BCUT2D eigenvalue weighted by atomic mass is 10.4. The third-order valence-electron chi connectivity index (χ3n) is 1.71. The summed E-state index contributed by atoms with van der Waals surface area (Å²) in [5, 5.41) is 0. The highest BCUT2D eigenvalue weighted by Crippen LogP contribution is 2.27. The first-order valence-electron chi connectivity index (χ1n) is 3.69. The summed E-state index contributed by atoms with van der Waals surface area (Å²) in [6.45, 7) is 1.03. The Morgan fingerprint density at radius 1 is 1.17 bits per heavy atom. The van der Waals surface area contributed by atoms with Crippen molar-refractivity contribution in [1.29, 1.82) is 0 Å². The van der Waals surface area contributed by atoms with Gasteiger partial charge in [-0.1, -0.05) is 0 Å². The Hall–Kier alpha value is -0.740. The quantitative estimate of drug-likeness (QED) is 0.564. The molecule has 0 spiro atoms. The summed E-state index contributed by atoms with van der Waals surface area (Å²) >= 11 is 0. The summed E-state index contributed by atoms with van der Waals surface area (Å²) in [6.07, 6.45) is -2.61. The molecule has 1 aliphatic heterocycles. The maximum absolute atomic E-state index is 12.3. The van der Waals surface area contributed by atoms with E-state index < -0.39 is 12.0 Å². The molecule has 5 heteroatoms. The molecule has 0 aliphatic carbocycles. The van der Waals surface area contributed by atoms with Gasteiger partial charge in [-0.15, -0.1) is 0 Å². The largest absolute Gasteiger partial charge is 0.444 e. The van der Waals surface area contributed by atoms with Gasteiger partial charge in [0.1, 0.15) is 0 Å². The Labute approximate surface area is 67.7 Å². The van der Waals surface area contributed by atoms with Crippen LogP contribution in [0.4, 0.5) is 17.6 Å². The van der Waals surface area contributed by atoms with E-state index in [9.17, 15) is 17.6 Å². The predicted molar refractivity (Wildman–Crippen MR) is 36.1 cm³/mol. The van der Waals surface area contributed by atoms with Gasteiger partial charge in [-0.25, -0.2) is 4.39 Å². The van der Waals surface area contributed by atoms with Gasteiger partial charge in [-0.2, -0.15) is 13.2 Å². The molecule has 0 aromatic carbocycles. The molecule has 0 N–H and O–H groups in total. The van der Waals surface area contributed by atoms with Gasteiger partial charge in [0.15, 0.2) is 0 Å². The van der Waals surface area contributed by atoms with Crippen molar-refractivity contribution in [2.45, 2.75) is 19.0 Å². The van der Waals surface area contributed by atoms with Crippen LogP contribution >= 0.6 is 0 Å². The standard InChI is InChI=1S/C7H9F4N/c8-6(7(9,10)11)5-12-3-1-2-4-12/h5H,1-4H2/b6-5-. The van der Waals surface area contributed by atoms with E-state index in [4.69, 9.17) is 0 Å². The lowest BCUT2D eigenvalue weighted by Gasteiger charge is -2.12. The summed E-state index contributed by atoms with van der Waals surface area (Å²) in [5.74, 6) is -2.01. The van der Waals surface area contributed by atoms with Crippen molar-refractivity contribution in [1.82, 2.24) is 4.90 Å². The fourth-order valence-electron chi connectivity index (χ4n) is 1.10. The maximum Gasteiger partial charge on any atom is 0.444 e. The van der Waals surface area contributed by atoms with Gasteiger partial charge in [0.25, 0.3) is 0 Å². The Morgan fingerprint density at radius 3 is 2.08 bits per heavy atom. The van der Waals surface area contributed by atoms with E-state index in [-0.39, 0.29) is 0 Å². The molecule has 1 rings (SSSR count). The third kappa shape index (κ3) is 2.39. The molecule has 1 aliphatic rings. The van der Waals surface area contributed by atoms with Gasteiger partial charge in [0, 0.05) is 19.3 Å². The monoisotopic (exact) mass is 183 g/mol. The molecule has 0 amide bonds. The minimum atomic E-state index is -4.83. The lowest BCUT2D eigenvalue weighted by molar-refractivity contribution is -0.110. The van der Waals surface area contributed by atoms with Crippen molar-refractivity contribution in [2.24, 2.45) is 0 Å². The zero-order valence-corrected chi connectivity index (χ0v) is 6.36. The van der Waals surface area contributed by atoms with Crippen LogP contribution in [-0.2, 0) is 0 Å². The first-order valence-corrected chi connectivity index (χ1v) is 3.69. The normalized spacial score (nSPS) is 20.3. The van der Waals surface area contributed by atoms with Gasteiger partial charge >= 0.3 is 6.18 Å². The van der Waals surface area contributed by atoms with Crippen LogP contribution in [0.15, 0.2) is 12.0 Å². The van der Waals surface area contributed by atoms with Crippen LogP contribution in [0.5, 0.6) is 0 Å². The van der Waals surface area contributed by atoms with Crippen LogP contribution in [0.2, 0.25) is 0 Å². The molecule has 1 heterocycles. The summed E-state index contributed by atoms with van der Waals surface area (Å²) < 4.78 is 47.2. The summed E-state index contributed by atoms with van der Waals surface area (Å²) in [5.41, 5.74) is 0. The third-order valence-corrected chi connectivity index (χ3v) is 1.71. The number of allylic oxidation sites excluding steroid dienone is 1. The topological polar surface area (TPSA) is 3.24 Å². The second-order valence-corrected chi connectivity index (χ2v) is 2.72. The predicted octanol–water partition coefficient (Wildman–Crippen LogP) is 2.46. The van der Waals surface area contributed by atoms with Crippen LogP contribution in [0.25, 0.3) is 0 Å². The van der Waals surface area contributed by atoms with Gasteiger partial charge < -0.3 is 4.90 Å². The number of rotatable bonds is 1. The van der Waals surface area contributed by atoms with Crippen LogP contribution < -0.4 is 0 Å². The van der Waals surface area contributed by atoms with Gasteiger partial charge in [-0.05, 0) is 12.8 Å². The fourth-order valence-corrected chi connectivity index (χ4v) is 1.10. The Balaban J connectivity index is 2.55. The van der Waals surface area contributed by atoms with Gasteiger partial charge in [0.2, 0.25) is 5.83 Å². The Morgan fingerprint density at radius 2 is 1.67 bits per heavy atom. The highest BCUT2D eigenvalue weighted by atomic mass is 19.4. The zero-order valence-electron chi connectivity index (χ0n) is 6.36. The van der Waals surface area contributed by atoms with Gasteiger partial charge in [0.05, 0.1) is 0 Å². The van der Waals surface area contributed by atoms with Crippen LogP contribution in [0.1, 0.15) is 12.8 Å². The Kier molecular flexibility index (Phi) is 2.59. The summed E-state index contributed by atoms with van der Waals surface area (Å²) in [6, 6.07) is 0. The number of halogens is 4. The first kappa shape index (κ1) is 9.35. The molecule has 0 atom stereocenters. The maximum atomic E-state index is 12.3. The van der Waals surface area contributed by atoms with Crippen LogP contribution in [-0.4, -0.2) is 24.2 Å². The second kappa shape index (κ2) is 3.33. The lowest BCUT2D eigenvalue weighted by Crippen LogP contribution is -2.16. The molecule has 0 radical (unpaired) electrons. The minimum absolute atomic E-state index is 0.517. The molecule has 1 fully saturated rings. The molecular formula is C7H9F4N. The smallest absolute Gasteiger partial charge is 0.375 e. The first-order chi connectivity index (χ1) is 5.50. The van der Waals surface area contributed by atoms with Crippen LogP contribution in [0, 0.1) is 0 Å². The highest BCUT2D eigenvalue weighted by Gasteiger charge is 2.35. The molecule has 70 valence electrons.